The summed E-state index contributed by atoms with van der Waals surface area (Å²) in [5, 5.41) is 1.14. The molecule has 0 spiro atoms. The lowest BCUT2D eigenvalue weighted by Gasteiger charge is -2.35. The number of amides is 1. The number of para-hydroxylation sites is 1. The third-order valence-electron chi connectivity index (χ3n) is 5.95. The number of aryl methyl sites for hydroxylation is 2. The van der Waals surface area contributed by atoms with E-state index in [1.807, 2.05) is 55.1 Å². The number of aromatic nitrogens is 2. The molecule has 162 valence electrons. The molecule has 31 heavy (non-hydrogen) atoms. The first-order valence-corrected chi connectivity index (χ1v) is 12.0. The van der Waals surface area contributed by atoms with Crippen LogP contribution < -0.4 is 5.56 Å². The SMILES string of the molecule is CCC1CCCCN1C(=O)CSc1nc2ccccc2c(=O)n1-c1cc(C)cc(C)c1. The van der Waals surface area contributed by atoms with Crippen LogP contribution in [0.3, 0.4) is 0 Å². The van der Waals surface area contributed by atoms with Crippen molar-refractivity contribution in [2.75, 3.05) is 12.3 Å². The van der Waals surface area contributed by atoms with Crippen molar-refractivity contribution in [2.24, 2.45) is 0 Å². The molecule has 0 aliphatic carbocycles. The van der Waals surface area contributed by atoms with Gasteiger partial charge < -0.3 is 4.90 Å². The van der Waals surface area contributed by atoms with E-state index in [1.165, 1.54) is 18.2 Å². The lowest BCUT2D eigenvalue weighted by molar-refractivity contribution is -0.132. The Hall–Kier alpha value is -2.60. The number of hydrogen-bond acceptors (Lipinski definition) is 4. The van der Waals surface area contributed by atoms with Gasteiger partial charge in [0.25, 0.3) is 5.56 Å². The van der Waals surface area contributed by atoms with Gasteiger partial charge in [0.1, 0.15) is 0 Å². The summed E-state index contributed by atoms with van der Waals surface area (Å²) in [6, 6.07) is 13.8. The number of rotatable bonds is 5. The molecule has 1 saturated heterocycles. The Labute approximate surface area is 187 Å². The number of nitrogens with zero attached hydrogens (tertiary/aromatic N) is 3. The first-order valence-electron chi connectivity index (χ1n) is 11.0. The van der Waals surface area contributed by atoms with Crippen LogP contribution >= 0.6 is 11.8 Å². The molecule has 0 saturated carbocycles. The zero-order valence-electron chi connectivity index (χ0n) is 18.4. The van der Waals surface area contributed by atoms with Gasteiger partial charge in [0, 0.05) is 12.6 Å². The molecule has 1 unspecified atom stereocenters. The van der Waals surface area contributed by atoms with Crippen molar-refractivity contribution in [3.8, 4) is 5.69 Å². The van der Waals surface area contributed by atoms with Crippen molar-refractivity contribution >= 4 is 28.6 Å². The van der Waals surface area contributed by atoms with Gasteiger partial charge in [0.2, 0.25) is 5.91 Å². The molecule has 2 heterocycles. The number of benzene rings is 2. The van der Waals surface area contributed by atoms with Crippen LogP contribution in [0, 0.1) is 13.8 Å². The van der Waals surface area contributed by atoms with Crippen LogP contribution in [0.2, 0.25) is 0 Å². The first-order chi connectivity index (χ1) is 15.0. The Bertz CT molecular complexity index is 1150. The minimum Gasteiger partial charge on any atom is -0.339 e. The summed E-state index contributed by atoms with van der Waals surface area (Å²) in [7, 11) is 0. The summed E-state index contributed by atoms with van der Waals surface area (Å²) in [5.41, 5.74) is 3.52. The maximum atomic E-state index is 13.4. The summed E-state index contributed by atoms with van der Waals surface area (Å²) < 4.78 is 1.66. The third kappa shape index (κ3) is 4.54. The fraction of sp³-hybridized carbons (Fsp3) is 0.400. The highest BCUT2D eigenvalue weighted by molar-refractivity contribution is 7.99. The lowest BCUT2D eigenvalue weighted by atomic mass is 10.0. The quantitative estimate of drug-likeness (QED) is 0.423. The van der Waals surface area contributed by atoms with Gasteiger partial charge in [-0.2, -0.15) is 0 Å². The molecule has 2 aromatic carbocycles. The van der Waals surface area contributed by atoms with Gasteiger partial charge in [-0.25, -0.2) is 4.98 Å². The normalized spacial score (nSPS) is 16.6. The van der Waals surface area contributed by atoms with Gasteiger partial charge in [-0.3, -0.25) is 14.2 Å². The molecule has 0 bridgehead atoms. The second kappa shape index (κ2) is 9.27. The summed E-state index contributed by atoms with van der Waals surface area (Å²) in [4.78, 5) is 33.3. The average molecular weight is 436 g/mol. The molecule has 1 aliphatic heterocycles. The molecule has 4 rings (SSSR count). The molecule has 0 N–H and O–H groups in total. The second-order valence-corrected chi connectivity index (χ2v) is 9.27. The zero-order valence-corrected chi connectivity index (χ0v) is 19.2. The van der Waals surface area contributed by atoms with Gasteiger partial charge in [-0.1, -0.05) is 36.9 Å². The Morgan fingerprint density at radius 2 is 1.87 bits per heavy atom. The number of hydrogen-bond donors (Lipinski definition) is 0. The first kappa shape index (κ1) is 21.6. The fourth-order valence-electron chi connectivity index (χ4n) is 4.48. The van der Waals surface area contributed by atoms with Crippen molar-refractivity contribution in [3.05, 3.63) is 63.9 Å². The Morgan fingerprint density at radius 3 is 2.61 bits per heavy atom. The summed E-state index contributed by atoms with van der Waals surface area (Å²) in [5.74, 6) is 0.414. The third-order valence-corrected chi connectivity index (χ3v) is 6.88. The number of thioether (sulfide) groups is 1. The van der Waals surface area contributed by atoms with Crippen molar-refractivity contribution in [1.29, 1.82) is 0 Å². The second-order valence-electron chi connectivity index (χ2n) is 8.33. The highest BCUT2D eigenvalue weighted by Crippen LogP contribution is 2.25. The maximum absolute atomic E-state index is 13.4. The predicted octanol–water partition coefficient (Wildman–Crippen LogP) is 4.89. The van der Waals surface area contributed by atoms with Crippen molar-refractivity contribution < 1.29 is 4.79 Å². The van der Waals surface area contributed by atoms with Gasteiger partial charge in [0.15, 0.2) is 5.16 Å². The van der Waals surface area contributed by atoms with Crippen LogP contribution in [0.15, 0.2) is 52.4 Å². The van der Waals surface area contributed by atoms with E-state index in [0.29, 0.717) is 22.1 Å². The average Bonchev–Trinajstić information content (AvgIpc) is 2.76. The van der Waals surface area contributed by atoms with Crippen molar-refractivity contribution in [1.82, 2.24) is 14.5 Å². The van der Waals surface area contributed by atoms with Gasteiger partial charge in [0.05, 0.1) is 22.3 Å². The molecular formula is C25H29N3O2S. The van der Waals surface area contributed by atoms with E-state index in [0.717, 1.165) is 42.6 Å². The number of fused-ring (bicyclic) bond motifs is 1. The van der Waals surface area contributed by atoms with E-state index in [9.17, 15) is 9.59 Å². The molecule has 6 heteroatoms. The molecule has 0 radical (unpaired) electrons. The zero-order chi connectivity index (χ0) is 22.0. The van der Waals surface area contributed by atoms with Crippen molar-refractivity contribution in [2.45, 2.75) is 57.7 Å². The maximum Gasteiger partial charge on any atom is 0.266 e. The molecule has 1 amide bonds. The highest BCUT2D eigenvalue weighted by atomic mass is 32.2. The fourth-order valence-corrected chi connectivity index (χ4v) is 5.38. The van der Waals surface area contributed by atoms with E-state index in [-0.39, 0.29) is 17.2 Å². The van der Waals surface area contributed by atoms with Crippen LogP contribution in [0.4, 0.5) is 0 Å². The molecule has 5 nitrogen and oxygen atoms in total. The standard InChI is InChI=1S/C25H29N3O2S/c1-4-19-9-7-8-12-27(19)23(29)16-31-25-26-22-11-6-5-10-21(22)24(30)28(25)20-14-17(2)13-18(3)15-20/h5-6,10-11,13-15,19H,4,7-9,12,16H2,1-3H3. The van der Waals surface area contributed by atoms with E-state index in [4.69, 9.17) is 4.98 Å². The van der Waals surface area contributed by atoms with Crippen LogP contribution in [0.25, 0.3) is 16.6 Å². The van der Waals surface area contributed by atoms with Crippen LogP contribution in [-0.2, 0) is 4.79 Å². The molecule has 1 aliphatic rings. The monoisotopic (exact) mass is 435 g/mol. The number of carbonyl (C=O) groups excluding carboxylic acids is 1. The molecule has 3 aromatic rings. The predicted molar refractivity (Wildman–Crippen MR) is 127 cm³/mol. The van der Waals surface area contributed by atoms with Crippen LogP contribution in [-0.4, -0.2) is 38.7 Å². The minimum absolute atomic E-state index is 0.102. The van der Waals surface area contributed by atoms with Gasteiger partial charge in [-0.15, -0.1) is 0 Å². The van der Waals surface area contributed by atoms with E-state index < -0.39 is 0 Å². The molecule has 1 fully saturated rings. The number of piperidine rings is 1. The van der Waals surface area contributed by atoms with Gasteiger partial charge in [-0.05, 0) is 74.9 Å². The van der Waals surface area contributed by atoms with E-state index in [2.05, 4.69) is 13.0 Å². The summed E-state index contributed by atoms with van der Waals surface area (Å²) in [6.45, 7) is 7.01. The Balaban J connectivity index is 1.72. The smallest absolute Gasteiger partial charge is 0.266 e. The molecular weight excluding hydrogens is 406 g/mol. The summed E-state index contributed by atoms with van der Waals surface area (Å²) in [6.07, 6.45) is 4.31. The van der Waals surface area contributed by atoms with Gasteiger partial charge >= 0.3 is 0 Å². The van der Waals surface area contributed by atoms with Crippen LogP contribution in [0.1, 0.15) is 43.7 Å². The molecule has 1 atom stereocenters. The van der Waals surface area contributed by atoms with Crippen LogP contribution in [0.5, 0.6) is 0 Å². The Kier molecular flexibility index (Phi) is 6.46. The molecule has 1 aromatic heterocycles. The number of carbonyl (C=O) groups is 1. The highest BCUT2D eigenvalue weighted by Gasteiger charge is 2.26. The largest absolute Gasteiger partial charge is 0.339 e. The van der Waals surface area contributed by atoms with E-state index >= 15 is 0 Å². The number of likely N-dealkylation sites (tertiary alicyclic amines) is 1. The summed E-state index contributed by atoms with van der Waals surface area (Å²) >= 11 is 1.36. The van der Waals surface area contributed by atoms with E-state index in [1.54, 1.807) is 4.57 Å². The van der Waals surface area contributed by atoms with Crippen molar-refractivity contribution in [3.63, 3.8) is 0 Å². The Morgan fingerprint density at radius 1 is 1.13 bits per heavy atom. The lowest BCUT2D eigenvalue weighted by Crippen LogP contribution is -2.44. The topological polar surface area (TPSA) is 55.2 Å². The minimum atomic E-state index is -0.102.